The smallest absolute Gasteiger partial charge is 0.266 e. The maximum atomic E-state index is 12.2. The zero-order valence-corrected chi connectivity index (χ0v) is 12.1. The van der Waals surface area contributed by atoms with E-state index in [0.29, 0.717) is 0 Å². The van der Waals surface area contributed by atoms with Crippen LogP contribution >= 0.6 is 22.7 Å². The number of fused-ring (bicyclic) bond motifs is 1. The molecule has 2 aromatic heterocycles. The highest BCUT2D eigenvalue weighted by Gasteiger charge is 2.12. The Morgan fingerprint density at radius 3 is 2.84 bits per heavy atom. The molecule has 0 atom stereocenters. The number of amides is 1. The summed E-state index contributed by atoms with van der Waals surface area (Å²) in [6, 6.07) is 10.1. The molecular formula is C15H13NOS2. The van der Waals surface area contributed by atoms with Crippen molar-refractivity contribution in [2.45, 2.75) is 13.3 Å². The Bertz CT molecular complexity index is 726. The van der Waals surface area contributed by atoms with Crippen LogP contribution in [0.5, 0.6) is 0 Å². The molecule has 0 saturated heterocycles. The molecule has 0 aliphatic carbocycles. The Morgan fingerprint density at radius 1 is 1.16 bits per heavy atom. The van der Waals surface area contributed by atoms with Gasteiger partial charge in [-0.3, -0.25) is 4.79 Å². The maximum Gasteiger partial charge on any atom is 0.266 e. The van der Waals surface area contributed by atoms with E-state index in [9.17, 15) is 4.79 Å². The van der Waals surface area contributed by atoms with E-state index in [-0.39, 0.29) is 5.91 Å². The summed E-state index contributed by atoms with van der Waals surface area (Å²) in [4.78, 5) is 13.0. The Kier molecular flexibility index (Phi) is 3.36. The van der Waals surface area contributed by atoms with Crippen molar-refractivity contribution in [2.24, 2.45) is 0 Å². The Balaban J connectivity index is 1.86. The lowest BCUT2D eigenvalue weighted by Gasteiger charge is -2.05. The molecule has 1 N–H and O–H groups in total. The van der Waals surface area contributed by atoms with E-state index >= 15 is 0 Å². The number of hydrogen-bond acceptors (Lipinski definition) is 3. The Morgan fingerprint density at radius 2 is 2.00 bits per heavy atom. The third-order valence-electron chi connectivity index (χ3n) is 3.04. The summed E-state index contributed by atoms with van der Waals surface area (Å²) in [7, 11) is 0. The maximum absolute atomic E-state index is 12.2. The van der Waals surface area contributed by atoms with Crippen LogP contribution in [0.2, 0.25) is 0 Å². The first kappa shape index (κ1) is 12.4. The van der Waals surface area contributed by atoms with E-state index in [1.807, 2.05) is 29.6 Å². The van der Waals surface area contributed by atoms with Crippen molar-refractivity contribution >= 4 is 44.4 Å². The van der Waals surface area contributed by atoms with Gasteiger partial charge >= 0.3 is 0 Å². The number of carbonyl (C=O) groups is 1. The summed E-state index contributed by atoms with van der Waals surface area (Å²) in [5, 5.41) is 8.18. The number of aryl methyl sites for hydroxylation is 1. The fourth-order valence-electron chi connectivity index (χ4n) is 2.05. The van der Waals surface area contributed by atoms with Gasteiger partial charge < -0.3 is 5.32 Å². The summed E-state index contributed by atoms with van der Waals surface area (Å²) < 4.78 is 1.24. The normalized spacial score (nSPS) is 10.8. The van der Waals surface area contributed by atoms with Gasteiger partial charge in [-0.15, -0.1) is 22.7 Å². The highest BCUT2D eigenvalue weighted by Crippen LogP contribution is 2.25. The van der Waals surface area contributed by atoms with Crippen molar-refractivity contribution in [3.8, 4) is 0 Å². The molecule has 1 aromatic carbocycles. The number of rotatable bonds is 3. The lowest BCUT2D eigenvalue weighted by molar-refractivity contribution is 0.103. The largest absolute Gasteiger partial charge is 0.321 e. The van der Waals surface area contributed by atoms with Crippen LogP contribution in [0.4, 0.5) is 5.69 Å². The molecule has 0 spiro atoms. The van der Waals surface area contributed by atoms with Crippen molar-refractivity contribution < 1.29 is 4.79 Å². The Labute approximate surface area is 119 Å². The molecule has 0 aliphatic heterocycles. The van der Waals surface area contributed by atoms with Crippen molar-refractivity contribution in [2.75, 3.05) is 5.32 Å². The molecule has 0 saturated carbocycles. The second-order valence-electron chi connectivity index (χ2n) is 4.26. The molecule has 0 radical (unpaired) electrons. The molecule has 19 heavy (non-hydrogen) atoms. The van der Waals surface area contributed by atoms with Crippen LogP contribution in [-0.2, 0) is 6.42 Å². The van der Waals surface area contributed by atoms with Gasteiger partial charge in [0.2, 0.25) is 0 Å². The van der Waals surface area contributed by atoms with E-state index < -0.39 is 0 Å². The number of benzene rings is 1. The number of thiophene rings is 2. The molecule has 0 unspecified atom stereocenters. The standard InChI is InChI=1S/C15H13NOS2/c1-2-10-5-8-19-14(10)15(17)16-12-3-4-13-11(9-12)6-7-18-13/h3-9H,2H2,1H3,(H,16,17). The topological polar surface area (TPSA) is 29.1 Å². The van der Waals surface area contributed by atoms with Crippen molar-refractivity contribution in [3.05, 3.63) is 51.5 Å². The van der Waals surface area contributed by atoms with Crippen LogP contribution in [0, 0.1) is 0 Å². The molecule has 2 heterocycles. The summed E-state index contributed by atoms with van der Waals surface area (Å²) >= 11 is 3.20. The van der Waals surface area contributed by atoms with Crippen molar-refractivity contribution in [3.63, 3.8) is 0 Å². The predicted molar refractivity (Wildman–Crippen MR) is 83.5 cm³/mol. The van der Waals surface area contributed by atoms with Gasteiger partial charge in [-0.25, -0.2) is 0 Å². The first-order chi connectivity index (χ1) is 9.28. The van der Waals surface area contributed by atoms with Gasteiger partial charge in [0, 0.05) is 10.4 Å². The monoisotopic (exact) mass is 287 g/mol. The van der Waals surface area contributed by atoms with E-state index in [1.165, 1.54) is 21.4 Å². The predicted octanol–water partition coefficient (Wildman–Crippen LogP) is 4.78. The van der Waals surface area contributed by atoms with E-state index in [4.69, 9.17) is 0 Å². The molecule has 0 fully saturated rings. The SMILES string of the molecule is CCc1ccsc1C(=O)Nc1ccc2sccc2c1. The molecule has 1 amide bonds. The number of anilines is 1. The zero-order valence-electron chi connectivity index (χ0n) is 10.5. The van der Waals surface area contributed by atoms with Gasteiger partial charge in [0.1, 0.15) is 0 Å². The molecule has 0 bridgehead atoms. The summed E-state index contributed by atoms with van der Waals surface area (Å²) in [6.45, 7) is 2.07. The van der Waals surface area contributed by atoms with Crippen LogP contribution < -0.4 is 5.32 Å². The van der Waals surface area contributed by atoms with Gasteiger partial charge in [-0.1, -0.05) is 6.92 Å². The van der Waals surface area contributed by atoms with Gasteiger partial charge in [0.25, 0.3) is 5.91 Å². The first-order valence-corrected chi connectivity index (χ1v) is 7.89. The van der Waals surface area contributed by atoms with E-state index in [0.717, 1.165) is 22.5 Å². The third-order valence-corrected chi connectivity index (χ3v) is 4.90. The fourth-order valence-corrected chi connectivity index (χ4v) is 3.71. The van der Waals surface area contributed by atoms with Crippen molar-refractivity contribution in [1.82, 2.24) is 0 Å². The molecule has 2 nitrogen and oxygen atoms in total. The average molecular weight is 287 g/mol. The van der Waals surface area contributed by atoms with Crippen LogP contribution in [0.3, 0.4) is 0 Å². The Hall–Kier alpha value is -1.65. The molecule has 4 heteroatoms. The molecule has 3 aromatic rings. The minimum atomic E-state index is -0.0126. The summed E-state index contributed by atoms with van der Waals surface area (Å²) in [5.74, 6) is -0.0126. The lowest BCUT2D eigenvalue weighted by Crippen LogP contribution is -2.11. The molecule has 3 rings (SSSR count). The molecular weight excluding hydrogens is 274 g/mol. The lowest BCUT2D eigenvalue weighted by atomic mass is 10.2. The average Bonchev–Trinajstić information content (AvgIpc) is 3.06. The van der Waals surface area contributed by atoms with Crippen LogP contribution in [0.15, 0.2) is 41.1 Å². The van der Waals surface area contributed by atoms with Gasteiger partial charge in [0.05, 0.1) is 4.88 Å². The highest BCUT2D eigenvalue weighted by atomic mass is 32.1. The highest BCUT2D eigenvalue weighted by molar-refractivity contribution is 7.17. The van der Waals surface area contributed by atoms with Gasteiger partial charge in [-0.05, 0) is 58.5 Å². The summed E-state index contributed by atoms with van der Waals surface area (Å²) in [5.41, 5.74) is 1.96. The van der Waals surface area contributed by atoms with E-state index in [2.05, 4.69) is 23.7 Å². The summed E-state index contributed by atoms with van der Waals surface area (Å²) in [6.07, 6.45) is 0.885. The zero-order chi connectivity index (χ0) is 13.2. The number of nitrogens with one attached hydrogen (secondary N) is 1. The fraction of sp³-hybridized carbons (Fsp3) is 0.133. The minimum absolute atomic E-state index is 0.0126. The van der Waals surface area contributed by atoms with Crippen LogP contribution in [0.25, 0.3) is 10.1 Å². The quantitative estimate of drug-likeness (QED) is 0.738. The molecule has 0 aliphatic rings. The molecule has 96 valence electrons. The van der Waals surface area contributed by atoms with Gasteiger partial charge in [0.15, 0.2) is 0 Å². The van der Waals surface area contributed by atoms with Crippen LogP contribution in [-0.4, -0.2) is 5.91 Å². The van der Waals surface area contributed by atoms with Gasteiger partial charge in [-0.2, -0.15) is 0 Å². The minimum Gasteiger partial charge on any atom is -0.321 e. The second kappa shape index (κ2) is 5.15. The van der Waals surface area contributed by atoms with Crippen LogP contribution in [0.1, 0.15) is 22.2 Å². The van der Waals surface area contributed by atoms with E-state index in [1.54, 1.807) is 11.3 Å². The first-order valence-electron chi connectivity index (χ1n) is 6.13. The number of carbonyl (C=O) groups excluding carboxylic acids is 1. The number of hydrogen-bond donors (Lipinski definition) is 1. The second-order valence-corrected chi connectivity index (χ2v) is 6.12. The third kappa shape index (κ3) is 2.41. The van der Waals surface area contributed by atoms with Crippen molar-refractivity contribution in [1.29, 1.82) is 0 Å².